The summed E-state index contributed by atoms with van der Waals surface area (Å²) in [7, 11) is -3.49. The zero-order chi connectivity index (χ0) is 24.6. The van der Waals surface area contributed by atoms with Crippen molar-refractivity contribution < 1.29 is 18.0 Å². The van der Waals surface area contributed by atoms with Crippen LogP contribution in [0.5, 0.6) is 0 Å². The fourth-order valence-electron chi connectivity index (χ4n) is 3.51. The summed E-state index contributed by atoms with van der Waals surface area (Å²) in [5.74, 6) is -0.401. The Morgan fingerprint density at radius 3 is 2.03 bits per heavy atom. The zero-order valence-electron chi connectivity index (χ0n) is 20.2. The standard InChI is InChI=1S/C25H35N3O4S/c1-6-26-25(30)21(4)27(18-22-13-9-19(2)10-14-22)24(29)8-7-17-28(33(5,31)32)23-15-11-20(3)12-16-23/h9-16,21H,6-8,17-18H2,1-5H3,(H,26,30)/t21-/m1/s1. The van der Waals surface area contributed by atoms with E-state index in [1.807, 2.05) is 57.2 Å². The van der Waals surface area contributed by atoms with E-state index in [4.69, 9.17) is 0 Å². The second kappa shape index (κ2) is 11.8. The van der Waals surface area contributed by atoms with Crippen molar-refractivity contribution in [2.45, 2.75) is 53.1 Å². The number of nitrogens with zero attached hydrogens (tertiary/aromatic N) is 2. The second-order valence-electron chi connectivity index (χ2n) is 8.35. The van der Waals surface area contributed by atoms with Crippen molar-refractivity contribution in [2.24, 2.45) is 0 Å². The van der Waals surface area contributed by atoms with Gasteiger partial charge in [-0.2, -0.15) is 0 Å². The average Bonchev–Trinajstić information content (AvgIpc) is 2.76. The van der Waals surface area contributed by atoms with Gasteiger partial charge in [0.25, 0.3) is 0 Å². The second-order valence-corrected chi connectivity index (χ2v) is 10.3. The van der Waals surface area contributed by atoms with E-state index < -0.39 is 16.1 Å². The molecular weight excluding hydrogens is 438 g/mol. The third-order valence-corrected chi connectivity index (χ3v) is 6.66. The Balaban J connectivity index is 2.13. The summed E-state index contributed by atoms with van der Waals surface area (Å²) in [6, 6.07) is 14.4. The molecule has 0 radical (unpaired) electrons. The van der Waals surface area contributed by atoms with Crippen LogP contribution in [0, 0.1) is 13.8 Å². The highest BCUT2D eigenvalue weighted by atomic mass is 32.2. The number of hydrogen-bond acceptors (Lipinski definition) is 4. The van der Waals surface area contributed by atoms with Gasteiger partial charge in [0, 0.05) is 26.1 Å². The molecule has 0 saturated heterocycles. The van der Waals surface area contributed by atoms with Gasteiger partial charge in [-0.3, -0.25) is 13.9 Å². The number of amides is 2. The molecule has 7 nitrogen and oxygen atoms in total. The molecule has 2 rings (SSSR count). The maximum atomic E-state index is 13.2. The fourth-order valence-corrected chi connectivity index (χ4v) is 4.48. The maximum Gasteiger partial charge on any atom is 0.242 e. The van der Waals surface area contributed by atoms with E-state index in [9.17, 15) is 18.0 Å². The molecule has 8 heteroatoms. The van der Waals surface area contributed by atoms with E-state index in [2.05, 4.69) is 5.32 Å². The average molecular weight is 474 g/mol. The lowest BCUT2D eigenvalue weighted by Gasteiger charge is -2.29. The molecule has 180 valence electrons. The smallest absolute Gasteiger partial charge is 0.242 e. The van der Waals surface area contributed by atoms with Crippen molar-refractivity contribution in [1.29, 1.82) is 0 Å². The summed E-state index contributed by atoms with van der Waals surface area (Å²) < 4.78 is 26.0. The predicted octanol–water partition coefficient (Wildman–Crippen LogP) is 3.40. The Morgan fingerprint density at radius 2 is 1.52 bits per heavy atom. The first-order valence-corrected chi connectivity index (χ1v) is 13.0. The Kier molecular flexibility index (Phi) is 9.46. The van der Waals surface area contributed by atoms with E-state index in [-0.39, 0.29) is 24.8 Å². The molecule has 2 aromatic carbocycles. The lowest BCUT2D eigenvalue weighted by Crippen LogP contribution is -2.47. The normalized spacial score (nSPS) is 12.2. The Labute approximate surface area is 197 Å². The van der Waals surface area contributed by atoms with Crippen LogP contribution in [0.4, 0.5) is 5.69 Å². The summed E-state index contributed by atoms with van der Waals surface area (Å²) in [6.07, 6.45) is 1.63. The number of nitrogens with one attached hydrogen (secondary N) is 1. The van der Waals surface area contributed by atoms with Crippen LogP contribution in [0.25, 0.3) is 0 Å². The molecule has 0 bridgehead atoms. The Bertz CT molecular complexity index is 1030. The molecule has 0 aliphatic rings. The number of sulfonamides is 1. The molecule has 2 amide bonds. The van der Waals surface area contributed by atoms with Crippen molar-refractivity contribution >= 4 is 27.5 Å². The molecular formula is C25H35N3O4S. The van der Waals surface area contributed by atoms with E-state index in [1.54, 1.807) is 24.0 Å². The van der Waals surface area contributed by atoms with Gasteiger partial charge in [0.15, 0.2) is 0 Å². The quantitative estimate of drug-likeness (QED) is 0.542. The molecule has 0 heterocycles. The van der Waals surface area contributed by atoms with Crippen molar-refractivity contribution in [2.75, 3.05) is 23.7 Å². The molecule has 0 aliphatic carbocycles. The monoisotopic (exact) mass is 473 g/mol. The van der Waals surface area contributed by atoms with Gasteiger partial charge in [-0.1, -0.05) is 47.5 Å². The molecule has 2 aromatic rings. The molecule has 1 N–H and O–H groups in total. The van der Waals surface area contributed by atoms with E-state index in [0.29, 0.717) is 25.2 Å². The number of likely N-dealkylation sites (N-methyl/N-ethyl adjacent to an activating group) is 1. The van der Waals surface area contributed by atoms with Gasteiger partial charge < -0.3 is 10.2 Å². The topological polar surface area (TPSA) is 86.8 Å². The van der Waals surface area contributed by atoms with Crippen LogP contribution in [0.3, 0.4) is 0 Å². The van der Waals surface area contributed by atoms with Crippen LogP contribution in [-0.2, 0) is 26.2 Å². The molecule has 33 heavy (non-hydrogen) atoms. The Hall–Kier alpha value is -2.87. The number of carbonyl (C=O) groups excluding carboxylic acids is 2. The largest absolute Gasteiger partial charge is 0.355 e. The number of rotatable bonds is 11. The fraction of sp³-hybridized carbons (Fsp3) is 0.440. The number of carbonyl (C=O) groups is 2. The van der Waals surface area contributed by atoms with Crippen LogP contribution >= 0.6 is 0 Å². The SMILES string of the molecule is CCNC(=O)[C@@H](C)N(Cc1ccc(C)cc1)C(=O)CCCN(c1ccc(C)cc1)S(C)(=O)=O. The van der Waals surface area contributed by atoms with Crippen molar-refractivity contribution in [3.05, 3.63) is 65.2 Å². The van der Waals surface area contributed by atoms with Gasteiger partial charge in [-0.05, 0) is 51.8 Å². The maximum absolute atomic E-state index is 13.2. The highest BCUT2D eigenvalue weighted by Gasteiger charge is 2.26. The molecule has 0 aromatic heterocycles. The van der Waals surface area contributed by atoms with Gasteiger partial charge in [0.1, 0.15) is 6.04 Å². The molecule has 0 fully saturated rings. The van der Waals surface area contributed by atoms with Gasteiger partial charge in [-0.25, -0.2) is 8.42 Å². The lowest BCUT2D eigenvalue weighted by molar-refractivity contribution is -0.140. The van der Waals surface area contributed by atoms with Gasteiger partial charge >= 0.3 is 0 Å². The first kappa shape index (κ1) is 26.4. The highest BCUT2D eigenvalue weighted by molar-refractivity contribution is 7.92. The van der Waals surface area contributed by atoms with Crippen LogP contribution in [0.2, 0.25) is 0 Å². The number of anilines is 1. The van der Waals surface area contributed by atoms with Crippen LogP contribution < -0.4 is 9.62 Å². The van der Waals surface area contributed by atoms with Crippen LogP contribution in [0.1, 0.15) is 43.4 Å². The minimum atomic E-state index is -3.49. The summed E-state index contributed by atoms with van der Waals surface area (Å²) in [5.41, 5.74) is 3.66. The molecule has 0 unspecified atom stereocenters. The van der Waals surface area contributed by atoms with E-state index >= 15 is 0 Å². The van der Waals surface area contributed by atoms with Gasteiger partial charge in [0.2, 0.25) is 21.8 Å². The van der Waals surface area contributed by atoms with E-state index in [0.717, 1.165) is 22.9 Å². The molecule has 1 atom stereocenters. The number of aryl methyl sites for hydroxylation is 2. The first-order valence-electron chi connectivity index (χ1n) is 11.2. The summed E-state index contributed by atoms with van der Waals surface area (Å²) in [6.45, 7) is 8.45. The minimum absolute atomic E-state index is 0.132. The third-order valence-electron chi connectivity index (χ3n) is 5.47. The number of benzene rings is 2. The van der Waals surface area contributed by atoms with Gasteiger partial charge in [0.05, 0.1) is 11.9 Å². The first-order chi connectivity index (χ1) is 15.5. The van der Waals surface area contributed by atoms with Crippen molar-refractivity contribution in [1.82, 2.24) is 10.2 Å². The highest BCUT2D eigenvalue weighted by Crippen LogP contribution is 2.20. The Morgan fingerprint density at radius 1 is 0.970 bits per heavy atom. The third kappa shape index (κ3) is 7.89. The number of hydrogen-bond donors (Lipinski definition) is 1. The van der Waals surface area contributed by atoms with Crippen molar-refractivity contribution in [3.8, 4) is 0 Å². The van der Waals surface area contributed by atoms with Crippen LogP contribution in [0.15, 0.2) is 48.5 Å². The molecule has 0 spiro atoms. The zero-order valence-corrected chi connectivity index (χ0v) is 21.0. The lowest BCUT2D eigenvalue weighted by atomic mass is 10.1. The van der Waals surface area contributed by atoms with Crippen LogP contribution in [-0.4, -0.2) is 50.5 Å². The molecule has 0 saturated carbocycles. The van der Waals surface area contributed by atoms with Crippen molar-refractivity contribution in [3.63, 3.8) is 0 Å². The summed E-state index contributed by atoms with van der Waals surface area (Å²) in [4.78, 5) is 27.2. The predicted molar refractivity (Wildman–Crippen MR) is 132 cm³/mol. The minimum Gasteiger partial charge on any atom is -0.355 e. The van der Waals surface area contributed by atoms with E-state index in [1.165, 1.54) is 4.31 Å². The van der Waals surface area contributed by atoms with Gasteiger partial charge in [-0.15, -0.1) is 0 Å². The summed E-state index contributed by atoms with van der Waals surface area (Å²) in [5, 5.41) is 2.78. The molecule has 0 aliphatic heterocycles. The summed E-state index contributed by atoms with van der Waals surface area (Å²) >= 11 is 0.